The number of fused-ring (bicyclic) bond motifs is 1. The molecule has 1 aliphatic rings. The summed E-state index contributed by atoms with van der Waals surface area (Å²) in [7, 11) is 1.39. The Morgan fingerprint density at radius 3 is 3.08 bits per heavy atom. The Hall–Kier alpha value is -1.35. The fourth-order valence-corrected chi connectivity index (χ4v) is 1.50. The first kappa shape index (κ1) is 8.26. The molecule has 0 fully saturated rings. The van der Waals surface area contributed by atoms with Crippen molar-refractivity contribution in [3.63, 3.8) is 0 Å². The highest BCUT2D eigenvalue weighted by Gasteiger charge is 2.19. The zero-order valence-electron chi connectivity index (χ0n) is 7.37. The zero-order chi connectivity index (χ0) is 9.26. The molecule has 0 atom stereocenters. The van der Waals surface area contributed by atoms with Gasteiger partial charge in [0.15, 0.2) is 0 Å². The van der Waals surface area contributed by atoms with E-state index in [9.17, 15) is 4.79 Å². The molecule has 0 N–H and O–H groups in total. The number of methoxy groups -OCH3 is 1. The van der Waals surface area contributed by atoms with Crippen molar-refractivity contribution in [3.8, 4) is 0 Å². The van der Waals surface area contributed by atoms with E-state index in [0.717, 1.165) is 11.1 Å². The van der Waals surface area contributed by atoms with E-state index in [1.165, 1.54) is 7.11 Å². The van der Waals surface area contributed by atoms with Gasteiger partial charge in [0.2, 0.25) is 0 Å². The van der Waals surface area contributed by atoms with Crippen molar-refractivity contribution in [3.05, 3.63) is 34.9 Å². The first-order valence-electron chi connectivity index (χ1n) is 4.09. The quantitative estimate of drug-likeness (QED) is 0.611. The Balaban J connectivity index is 2.47. The number of carbonyl (C=O) groups is 1. The van der Waals surface area contributed by atoms with Gasteiger partial charge in [-0.3, -0.25) is 0 Å². The van der Waals surface area contributed by atoms with Crippen molar-refractivity contribution in [2.45, 2.75) is 13.2 Å². The van der Waals surface area contributed by atoms with E-state index in [1.54, 1.807) is 6.07 Å². The molecule has 0 aromatic heterocycles. The lowest BCUT2D eigenvalue weighted by Crippen LogP contribution is -2.05. The summed E-state index contributed by atoms with van der Waals surface area (Å²) in [5.41, 5.74) is 2.68. The van der Waals surface area contributed by atoms with Crippen LogP contribution in [0.1, 0.15) is 21.5 Å². The molecular formula is C10H10O3. The molecular weight excluding hydrogens is 168 g/mol. The maximum absolute atomic E-state index is 11.3. The maximum Gasteiger partial charge on any atom is 0.338 e. The molecule has 0 saturated carbocycles. The van der Waals surface area contributed by atoms with Crippen LogP contribution in [-0.2, 0) is 22.7 Å². The average molecular weight is 178 g/mol. The van der Waals surface area contributed by atoms with E-state index >= 15 is 0 Å². The third-order valence-corrected chi connectivity index (χ3v) is 2.18. The normalized spacial score (nSPS) is 13.9. The lowest BCUT2D eigenvalue weighted by molar-refractivity contribution is 0.0596. The summed E-state index contributed by atoms with van der Waals surface area (Å²) in [6.45, 7) is 1.11. The Kier molecular flexibility index (Phi) is 2.02. The predicted molar refractivity (Wildman–Crippen MR) is 46.3 cm³/mol. The molecule has 1 heterocycles. The Labute approximate surface area is 76.3 Å². The van der Waals surface area contributed by atoms with Crippen molar-refractivity contribution in [1.29, 1.82) is 0 Å². The van der Waals surface area contributed by atoms with Gasteiger partial charge in [-0.15, -0.1) is 0 Å². The highest BCUT2D eigenvalue weighted by molar-refractivity contribution is 5.91. The summed E-state index contributed by atoms with van der Waals surface area (Å²) >= 11 is 0. The van der Waals surface area contributed by atoms with Crippen molar-refractivity contribution in [2.24, 2.45) is 0 Å². The minimum absolute atomic E-state index is 0.289. The minimum Gasteiger partial charge on any atom is -0.465 e. The molecule has 0 aliphatic carbocycles. The van der Waals surface area contributed by atoms with E-state index in [2.05, 4.69) is 4.74 Å². The van der Waals surface area contributed by atoms with E-state index in [1.807, 2.05) is 12.1 Å². The number of benzene rings is 1. The van der Waals surface area contributed by atoms with Crippen LogP contribution in [-0.4, -0.2) is 13.1 Å². The van der Waals surface area contributed by atoms with Crippen LogP contribution < -0.4 is 0 Å². The summed E-state index contributed by atoms with van der Waals surface area (Å²) in [6.07, 6.45) is 0. The molecule has 3 heteroatoms. The Morgan fingerprint density at radius 1 is 1.46 bits per heavy atom. The summed E-state index contributed by atoms with van der Waals surface area (Å²) < 4.78 is 9.91. The fourth-order valence-electron chi connectivity index (χ4n) is 1.50. The molecule has 0 bridgehead atoms. The van der Waals surface area contributed by atoms with Crippen molar-refractivity contribution < 1.29 is 14.3 Å². The monoisotopic (exact) mass is 178 g/mol. The highest BCUT2D eigenvalue weighted by atomic mass is 16.5. The van der Waals surface area contributed by atoms with Crippen LogP contribution in [0.4, 0.5) is 0 Å². The molecule has 0 radical (unpaired) electrons. The second-order valence-electron chi connectivity index (χ2n) is 2.93. The molecule has 0 spiro atoms. The average Bonchev–Trinajstić information content (AvgIpc) is 2.63. The SMILES string of the molecule is COC(=O)c1cccc2c1COC2. The van der Waals surface area contributed by atoms with Gasteiger partial charge in [0.1, 0.15) is 0 Å². The van der Waals surface area contributed by atoms with Gasteiger partial charge in [0.05, 0.1) is 25.9 Å². The lowest BCUT2D eigenvalue weighted by atomic mass is 10.0. The second kappa shape index (κ2) is 3.18. The minimum atomic E-state index is -0.289. The molecule has 0 saturated heterocycles. The Bertz CT molecular complexity index is 344. The van der Waals surface area contributed by atoms with E-state index in [0.29, 0.717) is 18.8 Å². The number of esters is 1. The first-order chi connectivity index (χ1) is 6.33. The molecule has 1 aromatic rings. The number of rotatable bonds is 1. The van der Waals surface area contributed by atoms with Crippen molar-refractivity contribution >= 4 is 5.97 Å². The number of carbonyl (C=O) groups excluding carboxylic acids is 1. The largest absolute Gasteiger partial charge is 0.465 e. The van der Waals surface area contributed by atoms with Gasteiger partial charge in [0.25, 0.3) is 0 Å². The molecule has 3 nitrogen and oxygen atoms in total. The third kappa shape index (κ3) is 1.31. The van der Waals surface area contributed by atoms with Crippen LogP contribution in [0.3, 0.4) is 0 Å². The summed E-state index contributed by atoms with van der Waals surface area (Å²) in [5, 5.41) is 0. The van der Waals surface area contributed by atoms with Crippen LogP contribution in [0.2, 0.25) is 0 Å². The van der Waals surface area contributed by atoms with E-state index < -0.39 is 0 Å². The van der Waals surface area contributed by atoms with Gasteiger partial charge >= 0.3 is 5.97 Å². The standard InChI is InChI=1S/C10H10O3/c1-12-10(11)8-4-2-3-7-5-13-6-9(7)8/h2-4H,5-6H2,1H3. The number of hydrogen-bond acceptors (Lipinski definition) is 3. The molecule has 0 unspecified atom stereocenters. The smallest absolute Gasteiger partial charge is 0.338 e. The molecule has 68 valence electrons. The second-order valence-corrected chi connectivity index (χ2v) is 2.93. The molecule has 0 amide bonds. The van der Waals surface area contributed by atoms with Gasteiger partial charge in [0, 0.05) is 0 Å². The van der Waals surface area contributed by atoms with Gasteiger partial charge in [-0.05, 0) is 17.2 Å². The van der Waals surface area contributed by atoms with Crippen molar-refractivity contribution in [2.75, 3.05) is 7.11 Å². The zero-order valence-corrected chi connectivity index (χ0v) is 7.37. The topological polar surface area (TPSA) is 35.5 Å². The highest BCUT2D eigenvalue weighted by Crippen LogP contribution is 2.23. The van der Waals surface area contributed by atoms with E-state index in [4.69, 9.17) is 4.74 Å². The molecule has 1 aromatic carbocycles. The van der Waals surface area contributed by atoms with Gasteiger partial charge < -0.3 is 9.47 Å². The Morgan fingerprint density at radius 2 is 2.31 bits per heavy atom. The van der Waals surface area contributed by atoms with Gasteiger partial charge in [-0.1, -0.05) is 12.1 Å². The van der Waals surface area contributed by atoms with Crippen LogP contribution in [0.25, 0.3) is 0 Å². The van der Waals surface area contributed by atoms with Crippen molar-refractivity contribution in [1.82, 2.24) is 0 Å². The number of hydrogen-bond donors (Lipinski definition) is 0. The lowest BCUT2D eigenvalue weighted by Gasteiger charge is -2.03. The first-order valence-corrected chi connectivity index (χ1v) is 4.09. The van der Waals surface area contributed by atoms with Crippen LogP contribution in [0, 0.1) is 0 Å². The fraction of sp³-hybridized carbons (Fsp3) is 0.300. The summed E-state index contributed by atoms with van der Waals surface area (Å²) in [5.74, 6) is -0.289. The van der Waals surface area contributed by atoms with Gasteiger partial charge in [-0.2, -0.15) is 0 Å². The van der Waals surface area contributed by atoms with E-state index in [-0.39, 0.29) is 5.97 Å². The number of ether oxygens (including phenoxy) is 2. The van der Waals surface area contributed by atoms with Crippen LogP contribution in [0.5, 0.6) is 0 Å². The van der Waals surface area contributed by atoms with Crippen LogP contribution in [0.15, 0.2) is 18.2 Å². The summed E-state index contributed by atoms with van der Waals surface area (Å²) in [4.78, 5) is 11.3. The molecule has 1 aliphatic heterocycles. The molecule has 2 rings (SSSR count). The van der Waals surface area contributed by atoms with Crippen LogP contribution >= 0.6 is 0 Å². The predicted octanol–water partition coefficient (Wildman–Crippen LogP) is 1.50. The molecule has 13 heavy (non-hydrogen) atoms. The maximum atomic E-state index is 11.3. The van der Waals surface area contributed by atoms with Gasteiger partial charge in [-0.25, -0.2) is 4.79 Å². The third-order valence-electron chi connectivity index (χ3n) is 2.18. The summed E-state index contributed by atoms with van der Waals surface area (Å²) in [6, 6.07) is 5.58.